The molecule has 2 aromatic carbocycles. The van der Waals surface area contributed by atoms with E-state index in [1.165, 1.54) is 0 Å². The Labute approximate surface area is 195 Å². The molecule has 4 heterocycles. The van der Waals surface area contributed by atoms with Crippen molar-refractivity contribution < 1.29 is 22.7 Å². The predicted molar refractivity (Wildman–Crippen MR) is 120 cm³/mol. The van der Waals surface area contributed by atoms with Crippen molar-refractivity contribution in [1.82, 2.24) is 14.3 Å². The molecule has 2 saturated heterocycles. The van der Waals surface area contributed by atoms with Crippen molar-refractivity contribution in [3.05, 3.63) is 68.8 Å². The van der Waals surface area contributed by atoms with Crippen molar-refractivity contribution in [2.45, 2.75) is 43.9 Å². The van der Waals surface area contributed by atoms with E-state index in [1.807, 2.05) is 42.5 Å². The Bertz CT molecular complexity index is 1390. The van der Waals surface area contributed by atoms with Crippen LogP contribution in [0.2, 0.25) is 0 Å². The van der Waals surface area contributed by atoms with Gasteiger partial charge in [-0.15, -0.1) is 0 Å². The molecule has 2 bridgehead atoms. The van der Waals surface area contributed by atoms with Crippen LogP contribution < -0.4 is 9.61 Å². The van der Waals surface area contributed by atoms with Crippen LogP contribution >= 0.6 is 11.5 Å². The summed E-state index contributed by atoms with van der Waals surface area (Å²) < 4.78 is 49.9. The molecule has 2 unspecified atom stereocenters. The van der Waals surface area contributed by atoms with Gasteiger partial charge < -0.3 is 9.64 Å². The van der Waals surface area contributed by atoms with Gasteiger partial charge in [-0.1, -0.05) is 29.8 Å². The summed E-state index contributed by atoms with van der Waals surface area (Å²) in [5.74, 6) is -0.0403. The van der Waals surface area contributed by atoms with Crippen LogP contribution in [0, 0.1) is 0 Å². The van der Waals surface area contributed by atoms with Crippen LogP contribution in [0.4, 0.5) is 13.2 Å². The van der Waals surface area contributed by atoms with Gasteiger partial charge >= 0.3 is 17.0 Å². The Kier molecular flexibility index (Phi) is 4.70. The number of nitrogens with zero attached hydrogens (tertiary/aromatic N) is 2. The third-order valence-corrected chi connectivity index (χ3v) is 7.30. The molecule has 10 heteroatoms. The van der Waals surface area contributed by atoms with Crippen molar-refractivity contribution in [3.63, 3.8) is 0 Å². The van der Waals surface area contributed by atoms with Crippen molar-refractivity contribution in [1.29, 1.82) is 0 Å². The van der Waals surface area contributed by atoms with E-state index in [9.17, 15) is 22.8 Å². The molecule has 0 radical (unpaired) electrons. The second-order valence-electron chi connectivity index (χ2n) is 8.73. The zero-order chi connectivity index (χ0) is 23.6. The standard InChI is InChI=1S/C24H18F3N3O3S/c25-24(26,27)22(31)30-14-6-7-15(30)10-13(9-14)20-16-3-1-2-4-18(16)33-19-11-12(5-8-17(19)20)21-28-23(32)34-29-21/h1-5,8,11,14-15H,6-7,9-10H2,(H,28,29,32). The van der Waals surface area contributed by atoms with Crippen LogP contribution in [0.1, 0.15) is 36.8 Å². The number of hydrogen-bond donors (Lipinski definition) is 1. The number of benzene rings is 2. The van der Waals surface area contributed by atoms with Gasteiger partial charge in [0.2, 0.25) is 0 Å². The molecule has 0 aliphatic carbocycles. The number of para-hydroxylation sites is 1. The highest BCUT2D eigenvalue weighted by molar-refractivity contribution is 7.03. The molecule has 2 atom stereocenters. The second-order valence-corrected chi connectivity index (χ2v) is 9.47. The van der Waals surface area contributed by atoms with Crippen molar-refractivity contribution >= 4 is 23.0 Å². The van der Waals surface area contributed by atoms with E-state index in [0.717, 1.165) is 38.7 Å². The highest BCUT2D eigenvalue weighted by Crippen LogP contribution is 2.50. The number of H-pyrrole nitrogens is 1. The lowest BCUT2D eigenvalue weighted by molar-refractivity contribution is -0.189. The molecule has 174 valence electrons. The summed E-state index contributed by atoms with van der Waals surface area (Å²) in [5.41, 5.74) is 4.41. The molecule has 3 aliphatic rings. The summed E-state index contributed by atoms with van der Waals surface area (Å²) >= 11 is 0.837. The molecule has 6 rings (SSSR count). The number of rotatable bonds is 1. The van der Waals surface area contributed by atoms with Gasteiger partial charge in [0, 0.05) is 40.3 Å². The van der Waals surface area contributed by atoms with E-state index in [2.05, 4.69) is 9.36 Å². The molecule has 0 saturated carbocycles. The molecular weight excluding hydrogens is 467 g/mol. The maximum absolute atomic E-state index is 13.2. The molecule has 1 N–H and O–H groups in total. The number of halogens is 3. The van der Waals surface area contributed by atoms with Crippen LogP contribution in [0.5, 0.6) is 11.5 Å². The molecular formula is C24H18F3N3O3S. The maximum Gasteiger partial charge on any atom is 0.471 e. The number of nitrogens with one attached hydrogen (secondary N) is 1. The highest BCUT2D eigenvalue weighted by Gasteiger charge is 2.51. The molecule has 2 fully saturated rings. The summed E-state index contributed by atoms with van der Waals surface area (Å²) in [6.45, 7) is 0. The van der Waals surface area contributed by atoms with Crippen LogP contribution in [0.25, 0.3) is 17.0 Å². The monoisotopic (exact) mass is 485 g/mol. The zero-order valence-electron chi connectivity index (χ0n) is 17.7. The Morgan fingerprint density at radius 3 is 2.44 bits per heavy atom. The first-order valence-corrected chi connectivity index (χ1v) is 11.7. The summed E-state index contributed by atoms with van der Waals surface area (Å²) in [4.78, 5) is 27.1. The minimum Gasteiger partial charge on any atom is -0.456 e. The van der Waals surface area contributed by atoms with Crippen LogP contribution in [-0.4, -0.2) is 38.4 Å². The van der Waals surface area contributed by atoms with Crippen LogP contribution in [0.3, 0.4) is 0 Å². The first-order chi connectivity index (χ1) is 16.3. The number of aromatic nitrogens is 2. The summed E-state index contributed by atoms with van der Waals surface area (Å²) in [7, 11) is 0. The SMILES string of the molecule is O=C(N1C2CCC1CC(=C1c3ccccc3Oc3cc(-c4nsc(=O)[nH]4)ccc31)C2)C(F)(F)F. The first kappa shape index (κ1) is 21.2. The highest BCUT2D eigenvalue weighted by atomic mass is 32.1. The van der Waals surface area contributed by atoms with Gasteiger partial charge in [0.15, 0.2) is 5.82 Å². The number of carbonyl (C=O) groups excluding carboxylic acids is 1. The summed E-state index contributed by atoms with van der Waals surface area (Å²) in [6.07, 6.45) is -2.96. The number of amides is 1. The number of fused-ring (bicyclic) bond motifs is 4. The number of aromatic amines is 1. The van der Waals surface area contributed by atoms with Crippen LogP contribution in [-0.2, 0) is 4.79 Å². The molecule has 3 aromatic rings. The van der Waals surface area contributed by atoms with E-state index < -0.39 is 24.2 Å². The van der Waals surface area contributed by atoms with Gasteiger partial charge in [-0.2, -0.15) is 17.5 Å². The van der Waals surface area contributed by atoms with Gasteiger partial charge in [-0.3, -0.25) is 14.6 Å². The number of carbonyl (C=O) groups is 1. The van der Waals surface area contributed by atoms with Crippen LogP contribution in [0.15, 0.2) is 52.8 Å². The topological polar surface area (TPSA) is 75.3 Å². The fourth-order valence-electron chi connectivity index (χ4n) is 5.42. The van der Waals surface area contributed by atoms with Gasteiger partial charge in [0.1, 0.15) is 11.5 Å². The normalized spacial score (nSPS) is 21.2. The van der Waals surface area contributed by atoms with Crippen molar-refractivity contribution in [3.8, 4) is 22.9 Å². The Hall–Kier alpha value is -3.40. The van der Waals surface area contributed by atoms with E-state index in [0.29, 0.717) is 48.6 Å². The van der Waals surface area contributed by atoms with Crippen molar-refractivity contribution in [2.75, 3.05) is 0 Å². The molecule has 6 nitrogen and oxygen atoms in total. The molecule has 3 aliphatic heterocycles. The van der Waals surface area contributed by atoms with Gasteiger partial charge in [0.25, 0.3) is 0 Å². The van der Waals surface area contributed by atoms with Gasteiger partial charge in [-0.05, 0) is 49.5 Å². The smallest absolute Gasteiger partial charge is 0.456 e. The van der Waals surface area contributed by atoms with Gasteiger partial charge in [0.05, 0.1) is 0 Å². The fraction of sp³-hybridized carbons (Fsp3) is 0.292. The maximum atomic E-state index is 13.2. The molecule has 34 heavy (non-hydrogen) atoms. The van der Waals surface area contributed by atoms with E-state index >= 15 is 0 Å². The minimum absolute atomic E-state index is 0.252. The van der Waals surface area contributed by atoms with Gasteiger partial charge in [-0.25, -0.2) is 0 Å². The fourth-order valence-corrected chi connectivity index (χ4v) is 5.89. The molecule has 1 aromatic heterocycles. The Morgan fingerprint density at radius 2 is 1.76 bits per heavy atom. The zero-order valence-corrected chi connectivity index (χ0v) is 18.5. The van der Waals surface area contributed by atoms with E-state index in [-0.39, 0.29) is 4.87 Å². The summed E-state index contributed by atoms with van der Waals surface area (Å²) in [6, 6.07) is 12.2. The predicted octanol–water partition coefficient (Wildman–Crippen LogP) is 5.12. The number of alkyl halides is 3. The minimum atomic E-state index is -4.86. The number of hydrogen-bond acceptors (Lipinski definition) is 5. The lowest BCUT2D eigenvalue weighted by Gasteiger charge is -2.38. The molecule has 0 spiro atoms. The summed E-state index contributed by atoms with van der Waals surface area (Å²) in [5, 5.41) is 0. The Balaban J connectivity index is 1.45. The number of piperidine rings is 1. The Morgan fingerprint density at radius 1 is 1.06 bits per heavy atom. The first-order valence-electron chi connectivity index (χ1n) is 10.9. The van der Waals surface area contributed by atoms with Crippen molar-refractivity contribution in [2.24, 2.45) is 0 Å². The quantitative estimate of drug-likeness (QED) is 0.406. The van der Waals surface area contributed by atoms with E-state index in [4.69, 9.17) is 4.74 Å². The largest absolute Gasteiger partial charge is 0.471 e. The lowest BCUT2D eigenvalue weighted by Crippen LogP contribution is -2.50. The average molecular weight is 485 g/mol. The average Bonchev–Trinajstić information content (AvgIpc) is 3.35. The number of ether oxygens (including phenoxy) is 1. The van der Waals surface area contributed by atoms with E-state index in [1.54, 1.807) is 0 Å². The second kappa shape index (κ2) is 7.56. The lowest BCUT2D eigenvalue weighted by atomic mass is 9.83. The molecule has 1 amide bonds. The third kappa shape index (κ3) is 3.35. The third-order valence-electron chi connectivity index (χ3n) is 6.76.